The highest BCUT2D eigenvalue weighted by atomic mass is 32.2. The van der Waals surface area contributed by atoms with Crippen LogP contribution < -0.4 is 10.1 Å². The van der Waals surface area contributed by atoms with Crippen molar-refractivity contribution in [1.29, 1.82) is 0 Å². The Kier molecular flexibility index (Phi) is 6.94. The highest BCUT2D eigenvalue weighted by Gasteiger charge is 2.16. The molecule has 0 aliphatic heterocycles. The first-order valence-electron chi connectivity index (χ1n) is 8.58. The molecule has 25 heavy (non-hydrogen) atoms. The topological polar surface area (TPSA) is 38.3 Å². The van der Waals surface area contributed by atoms with Crippen molar-refractivity contribution in [2.24, 2.45) is 0 Å². The summed E-state index contributed by atoms with van der Waals surface area (Å²) in [6.07, 6.45) is -0.510. The van der Waals surface area contributed by atoms with E-state index in [0.29, 0.717) is 6.54 Å². The van der Waals surface area contributed by atoms with Gasteiger partial charge in [-0.15, -0.1) is 11.8 Å². The number of carbonyl (C=O) groups is 1. The van der Waals surface area contributed by atoms with Gasteiger partial charge >= 0.3 is 0 Å². The van der Waals surface area contributed by atoms with Crippen LogP contribution in [-0.4, -0.2) is 24.3 Å². The van der Waals surface area contributed by atoms with Gasteiger partial charge in [-0.25, -0.2) is 0 Å². The molecular formula is C21H27NO2S. The zero-order valence-corrected chi connectivity index (χ0v) is 16.5. The average molecular weight is 358 g/mol. The molecule has 0 unspecified atom stereocenters. The van der Waals surface area contributed by atoms with Crippen LogP contribution in [0.1, 0.15) is 29.2 Å². The molecule has 0 radical (unpaired) electrons. The second kappa shape index (κ2) is 8.95. The normalized spacial score (nSPS) is 11.9. The molecule has 0 aromatic heterocycles. The van der Waals surface area contributed by atoms with E-state index in [4.69, 9.17) is 4.74 Å². The van der Waals surface area contributed by atoms with Gasteiger partial charge < -0.3 is 10.1 Å². The molecule has 0 bridgehead atoms. The second-order valence-corrected chi connectivity index (χ2v) is 7.59. The number of benzene rings is 2. The van der Waals surface area contributed by atoms with Crippen molar-refractivity contribution >= 4 is 17.7 Å². The first kappa shape index (κ1) is 19.4. The number of rotatable bonds is 7. The van der Waals surface area contributed by atoms with Crippen molar-refractivity contribution in [2.45, 2.75) is 45.6 Å². The third-order valence-corrected chi connectivity index (χ3v) is 5.14. The lowest BCUT2D eigenvalue weighted by molar-refractivity contribution is -0.127. The van der Waals surface area contributed by atoms with Gasteiger partial charge in [0.15, 0.2) is 6.10 Å². The highest BCUT2D eigenvalue weighted by Crippen LogP contribution is 2.24. The molecule has 0 saturated carbocycles. The Hall–Kier alpha value is -1.94. The Balaban J connectivity index is 1.79. The summed E-state index contributed by atoms with van der Waals surface area (Å²) < 4.78 is 5.88. The van der Waals surface area contributed by atoms with Crippen LogP contribution in [0.15, 0.2) is 41.3 Å². The minimum Gasteiger partial charge on any atom is -0.481 e. The van der Waals surface area contributed by atoms with Gasteiger partial charge in [0.25, 0.3) is 5.91 Å². The number of ether oxygens (including phenoxy) is 1. The van der Waals surface area contributed by atoms with Gasteiger partial charge in [0, 0.05) is 17.2 Å². The van der Waals surface area contributed by atoms with Crippen LogP contribution >= 0.6 is 11.8 Å². The summed E-state index contributed by atoms with van der Waals surface area (Å²) in [5.74, 6) is 1.54. The molecule has 1 N–H and O–H groups in total. The summed E-state index contributed by atoms with van der Waals surface area (Å²) in [6, 6.07) is 12.5. The number of hydrogen-bond acceptors (Lipinski definition) is 3. The van der Waals surface area contributed by atoms with E-state index in [2.05, 4.69) is 49.5 Å². The number of hydrogen-bond donors (Lipinski definition) is 1. The maximum Gasteiger partial charge on any atom is 0.260 e. The Bertz CT molecular complexity index is 725. The zero-order chi connectivity index (χ0) is 18.4. The fourth-order valence-corrected chi connectivity index (χ4v) is 3.26. The van der Waals surface area contributed by atoms with Crippen LogP contribution in [-0.2, 0) is 4.79 Å². The summed E-state index contributed by atoms with van der Waals surface area (Å²) in [7, 11) is 0. The van der Waals surface area contributed by atoms with Crippen molar-refractivity contribution in [2.75, 3.05) is 12.3 Å². The standard InChI is InChI=1S/C21H27NO2S/c1-14-6-8-19(9-7-14)25-11-10-22-21(23)18(5)24-20-13-15(2)12-16(3)17(20)4/h6-9,12-13,18H,10-11H2,1-5H3,(H,22,23)/t18-/m0/s1. The molecule has 3 nitrogen and oxygen atoms in total. The lowest BCUT2D eigenvalue weighted by atomic mass is 10.1. The summed E-state index contributed by atoms with van der Waals surface area (Å²) in [5.41, 5.74) is 4.66. The summed E-state index contributed by atoms with van der Waals surface area (Å²) in [6.45, 7) is 10.6. The minimum absolute atomic E-state index is 0.0805. The van der Waals surface area contributed by atoms with E-state index in [9.17, 15) is 4.79 Å². The van der Waals surface area contributed by atoms with Gasteiger partial charge in [-0.05, 0) is 69.5 Å². The quantitative estimate of drug-likeness (QED) is 0.581. The molecule has 0 saturated heterocycles. The van der Waals surface area contributed by atoms with E-state index in [1.54, 1.807) is 18.7 Å². The fourth-order valence-electron chi connectivity index (χ4n) is 2.49. The van der Waals surface area contributed by atoms with Crippen LogP contribution in [0.25, 0.3) is 0 Å². The average Bonchev–Trinajstić information content (AvgIpc) is 2.57. The Morgan fingerprint density at radius 3 is 2.44 bits per heavy atom. The van der Waals surface area contributed by atoms with E-state index < -0.39 is 6.10 Å². The predicted molar refractivity (Wildman–Crippen MR) is 106 cm³/mol. The molecule has 2 aromatic rings. The maximum absolute atomic E-state index is 12.2. The fraction of sp³-hybridized carbons (Fsp3) is 0.381. The van der Waals surface area contributed by atoms with E-state index in [1.807, 2.05) is 19.9 Å². The van der Waals surface area contributed by atoms with Crippen molar-refractivity contribution in [3.63, 3.8) is 0 Å². The summed E-state index contributed by atoms with van der Waals surface area (Å²) >= 11 is 1.74. The Morgan fingerprint density at radius 1 is 1.08 bits per heavy atom. The molecule has 1 amide bonds. The van der Waals surface area contributed by atoms with E-state index in [0.717, 1.165) is 22.6 Å². The molecule has 0 aliphatic rings. The molecule has 2 aromatic carbocycles. The molecule has 134 valence electrons. The van der Waals surface area contributed by atoms with Crippen LogP contribution in [0.5, 0.6) is 5.75 Å². The molecule has 2 rings (SSSR count). The molecule has 0 aliphatic carbocycles. The van der Waals surface area contributed by atoms with E-state index in [1.165, 1.54) is 16.0 Å². The Labute approximate surface area is 155 Å². The third-order valence-electron chi connectivity index (χ3n) is 4.13. The van der Waals surface area contributed by atoms with Gasteiger partial charge in [-0.1, -0.05) is 23.8 Å². The molecule has 0 spiro atoms. The summed E-state index contributed by atoms with van der Waals surface area (Å²) in [5, 5.41) is 2.95. The number of amides is 1. The number of carbonyl (C=O) groups excluding carboxylic acids is 1. The molecule has 1 atom stereocenters. The lowest BCUT2D eigenvalue weighted by Crippen LogP contribution is -2.37. The van der Waals surface area contributed by atoms with Crippen LogP contribution in [0, 0.1) is 27.7 Å². The SMILES string of the molecule is Cc1ccc(SCCNC(=O)[C@H](C)Oc2cc(C)cc(C)c2C)cc1. The van der Waals surface area contributed by atoms with Gasteiger partial charge in [0.05, 0.1) is 0 Å². The molecule has 0 fully saturated rings. The zero-order valence-electron chi connectivity index (χ0n) is 15.7. The van der Waals surface area contributed by atoms with Gasteiger partial charge in [-0.2, -0.15) is 0 Å². The highest BCUT2D eigenvalue weighted by molar-refractivity contribution is 7.99. The van der Waals surface area contributed by atoms with Crippen molar-refractivity contribution in [1.82, 2.24) is 5.32 Å². The van der Waals surface area contributed by atoms with Gasteiger partial charge in [0.1, 0.15) is 5.75 Å². The first-order valence-corrected chi connectivity index (χ1v) is 9.57. The van der Waals surface area contributed by atoms with Gasteiger partial charge in [-0.3, -0.25) is 4.79 Å². The lowest BCUT2D eigenvalue weighted by Gasteiger charge is -2.18. The van der Waals surface area contributed by atoms with Crippen molar-refractivity contribution in [3.05, 3.63) is 58.7 Å². The van der Waals surface area contributed by atoms with Crippen molar-refractivity contribution < 1.29 is 9.53 Å². The first-order chi connectivity index (χ1) is 11.9. The predicted octanol–water partition coefficient (Wildman–Crippen LogP) is 4.60. The number of aryl methyl sites for hydroxylation is 3. The van der Waals surface area contributed by atoms with Crippen molar-refractivity contribution in [3.8, 4) is 5.75 Å². The third kappa shape index (κ3) is 5.82. The molecule has 0 heterocycles. The van der Waals surface area contributed by atoms with Gasteiger partial charge in [0.2, 0.25) is 0 Å². The minimum atomic E-state index is -0.510. The summed E-state index contributed by atoms with van der Waals surface area (Å²) in [4.78, 5) is 13.5. The van der Waals surface area contributed by atoms with E-state index in [-0.39, 0.29) is 5.91 Å². The van der Waals surface area contributed by atoms with E-state index >= 15 is 0 Å². The smallest absolute Gasteiger partial charge is 0.260 e. The number of nitrogens with one attached hydrogen (secondary N) is 1. The molecular weight excluding hydrogens is 330 g/mol. The largest absolute Gasteiger partial charge is 0.481 e. The van der Waals surface area contributed by atoms with Crippen LogP contribution in [0.4, 0.5) is 0 Å². The Morgan fingerprint density at radius 2 is 1.76 bits per heavy atom. The monoisotopic (exact) mass is 357 g/mol. The molecule has 4 heteroatoms. The maximum atomic E-state index is 12.2. The second-order valence-electron chi connectivity index (χ2n) is 6.42. The van der Waals surface area contributed by atoms with Crippen LogP contribution in [0.3, 0.4) is 0 Å². The van der Waals surface area contributed by atoms with Crippen LogP contribution in [0.2, 0.25) is 0 Å². The number of thioether (sulfide) groups is 1.